The Bertz CT molecular complexity index is 1190. The minimum Gasteiger partial charge on any atom is -0.444 e. The van der Waals surface area contributed by atoms with Gasteiger partial charge in [0.15, 0.2) is 0 Å². The highest BCUT2D eigenvalue weighted by molar-refractivity contribution is 5.91. The summed E-state index contributed by atoms with van der Waals surface area (Å²) in [5.41, 5.74) is 7.69. The monoisotopic (exact) mass is 453 g/mol. The molecule has 1 atom stereocenters. The number of nitrogens with two attached hydrogens (primary N) is 1. The normalized spacial score (nSPS) is 15.5. The predicted octanol–water partition coefficient (Wildman–Crippen LogP) is 3.56. The number of hydrogen-bond acceptors (Lipinski definition) is 7. The van der Waals surface area contributed by atoms with Gasteiger partial charge in [-0.3, -0.25) is 4.90 Å². The number of amides is 1. The summed E-state index contributed by atoms with van der Waals surface area (Å²) in [5.74, 6) is -0.131. The Morgan fingerprint density at radius 1 is 1.30 bits per heavy atom. The van der Waals surface area contributed by atoms with Crippen LogP contribution in [0, 0.1) is 5.82 Å². The Kier molecular flexibility index (Phi) is 5.94. The number of anilines is 1. The molecule has 174 valence electrons. The number of aliphatic hydroxyl groups excluding tert-OH is 1. The molecule has 33 heavy (non-hydrogen) atoms. The van der Waals surface area contributed by atoms with E-state index < -0.39 is 11.8 Å². The van der Waals surface area contributed by atoms with Crippen molar-refractivity contribution in [2.45, 2.75) is 38.6 Å². The van der Waals surface area contributed by atoms with E-state index in [1.807, 2.05) is 20.8 Å². The Hall–Kier alpha value is -3.30. The number of aliphatic hydroxyl groups is 1. The third-order valence-electron chi connectivity index (χ3n) is 5.67. The molecule has 3 heterocycles. The van der Waals surface area contributed by atoms with Gasteiger partial charge in [0.1, 0.15) is 29.0 Å². The van der Waals surface area contributed by atoms with Gasteiger partial charge in [-0.15, -0.1) is 0 Å². The molecule has 1 aromatic carbocycles. The molecule has 2 aromatic heterocycles. The lowest BCUT2D eigenvalue weighted by Crippen LogP contribution is -2.61. The highest BCUT2D eigenvalue weighted by atomic mass is 19.1. The van der Waals surface area contributed by atoms with Crippen molar-refractivity contribution in [3.05, 3.63) is 54.0 Å². The molecule has 1 fully saturated rings. The van der Waals surface area contributed by atoms with Crippen LogP contribution >= 0.6 is 0 Å². The van der Waals surface area contributed by atoms with Gasteiger partial charge in [0.25, 0.3) is 0 Å². The molecule has 0 saturated carbocycles. The summed E-state index contributed by atoms with van der Waals surface area (Å²) < 4.78 is 19.0. The third-order valence-corrected chi connectivity index (χ3v) is 5.67. The Balaban J connectivity index is 1.54. The smallest absolute Gasteiger partial charge is 0.410 e. The van der Waals surface area contributed by atoms with Gasteiger partial charge in [-0.2, -0.15) is 0 Å². The fourth-order valence-electron chi connectivity index (χ4n) is 3.78. The number of nitrogen functional groups attached to an aromatic ring is 1. The average Bonchev–Trinajstić information content (AvgIpc) is 2.71. The molecule has 1 unspecified atom stereocenters. The minimum absolute atomic E-state index is 0.0420. The van der Waals surface area contributed by atoms with Gasteiger partial charge >= 0.3 is 6.09 Å². The van der Waals surface area contributed by atoms with Crippen LogP contribution < -0.4 is 5.73 Å². The number of nitrogens with zero attached hydrogens (tertiary/aromatic N) is 4. The van der Waals surface area contributed by atoms with Gasteiger partial charge in [0.05, 0.1) is 5.69 Å². The van der Waals surface area contributed by atoms with Crippen molar-refractivity contribution in [3.63, 3.8) is 0 Å². The molecule has 4 rings (SSSR count). The van der Waals surface area contributed by atoms with E-state index >= 15 is 0 Å². The third kappa shape index (κ3) is 4.74. The minimum atomic E-state index is -0.979. The summed E-state index contributed by atoms with van der Waals surface area (Å²) in [5, 5.41) is 11.7. The van der Waals surface area contributed by atoms with Crippen LogP contribution in [0.2, 0.25) is 0 Å². The fourth-order valence-corrected chi connectivity index (χ4v) is 3.78. The number of carbonyl (C=O) groups is 1. The van der Waals surface area contributed by atoms with Crippen LogP contribution in [0.5, 0.6) is 0 Å². The molecule has 1 amide bonds. The molecule has 9 heteroatoms. The SMILES string of the molecule is CN(C1CN(C(=O)OC(C)(C)C)C1)C(O)c1cnc(N)c2nc(-c3cccc(F)c3)ccc12. The molecule has 0 spiro atoms. The zero-order valence-electron chi connectivity index (χ0n) is 19.1. The molecule has 1 aliphatic heterocycles. The van der Waals surface area contributed by atoms with Crippen molar-refractivity contribution >= 4 is 22.8 Å². The first kappa shape index (κ1) is 22.9. The largest absolute Gasteiger partial charge is 0.444 e. The molecule has 1 aliphatic rings. The van der Waals surface area contributed by atoms with Crippen LogP contribution in [0.15, 0.2) is 42.6 Å². The van der Waals surface area contributed by atoms with Gasteiger partial charge < -0.3 is 20.5 Å². The van der Waals surface area contributed by atoms with Crippen LogP contribution in [-0.4, -0.2) is 62.7 Å². The topological polar surface area (TPSA) is 105 Å². The van der Waals surface area contributed by atoms with Gasteiger partial charge in [0, 0.05) is 41.8 Å². The van der Waals surface area contributed by atoms with E-state index in [0.29, 0.717) is 40.8 Å². The fraction of sp³-hybridized carbons (Fsp3) is 0.375. The number of likely N-dealkylation sites (tertiary alicyclic amines) is 1. The lowest BCUT2D eigenvalue weighted by atomic mass is 10.0. The van der Waals surface area contributed by atoms with Gasteiger partial charge in [-0.1, -0.05) is 18.2 Å². The second-order valence-corrected chi connectivity index (χ2v) is 9.28. The number of fused-ring (bicyclic) bond motifs is 1. The molecule has 3 aromatic rings. The highest BCUT2D eigenvalue weighted by Crippen LogP contribution is 2.32. The van der Waals surface area contributed by atoms with Crippen LogP contribution in [0.25, 0.3) is 22.2 Å². The maximum atomic E-state index is 13.6. The zero-order chi connectivity index (χ0) is 23.9. The number of rotatable bonds is 4. The summed E-state index contributed by atoms with van der Waals surface area (Å²) in [6.07, 6.45) is 0.190. The van der Waals surface area contributed by atoms with Crippen LogP contribution in [0.4, 0.5) is 15.0 Å². The number of carbonyl (C=O) groups excluding carboxylic acids is 1. The maximum absolute atomic E-state index is 13.6. The predicted molar refractivity (Wildman–Crippen MR) is 124 cm³/mol. The van der Waals surface area contributed by atoms with Crippen molar-refractivity contribution in [1.82, 2.24) is 19.8 Å². The lowest BCUT2D eigenvalue weighted by molar-refractivity contribution is -0.0639. The highest BCUT2D eigenvalue weighted by Gasteiger charge is 2.38. The van der Waals surface area contributed by atoms with Crippen molar-refractivity contribution in [2.75, 3.05) is 25.9 Å². The second kappa shape index (κ2) is 8.57. The van der Waals surface area contributed by atoms with Crippen molar-refractivity contribution < 1.29 is 19.0 Å². The molecular weight excluding hydrogens is 425 g/mol. The summed E-state index contributed by atoms with van der Waals surface area (Å²) in [6, 6.07) is 9.68. The number of likely N-dealkylation sites (N-methyl/N-ethyl adjacent to an activating group) is 1. The number of ether oxygens (including phenoxy) is 1. The van der Waals surface area contributed by atoms with Crippen molar-refractivity contribution in [3.8, 4) is 11.3 Å². The Morgan fingerprint density at radius 3 is 2.70 bits per heavy atom. The summed E-state index contributed by atoms with van der Waals surface area (Å²) in [6.45, 7) is 6.37. The van der Waals surface area contributed by atoms with Gasteiger partial charge in [-0.25, -0.2) is 19.2 Å². The van der Waals surface area contributed by atoms with Crippen molar-refractivity contribution in [1.29, 1.82) is 0 Å². The first-order chi connectivity index (χ1) is 15.5. The number of hydrogen-bond donors (Lipinski definition) is 2. The van der Waals surface area contributed by atoms with E-state index in [0.717, 1.165) is 0 Å². The Morgan fingerprint density at radius 2 is 2.03 bits per heavy atom. The molecule has 0 radical (unpaired) electrons. The molecule has 1 saturated heterocycles. The first-order valence-corrected chi connectivity index (χ1v) is 10.7. The standard InChI is InChI=1S/C24H28FN5O3/c1-24(2,3)33-23(32)30-12-16(13-30)29(4)22(31)18-11-27-21(26)20-17(18)8-9-19(28-20)14-6-5-7-15(25)10-14/h5-11,16,22,31H,12-13H2,1-4H3,(H2,26,27). The number of halogens is 1. The molecule has 0 aliphatic carbocycles. The average molecular weight is 454 g/mol. The summed E-state index contributed by atoms with van der Waals surface area (Å²) in [4.78, 5) is 24.4. The Labute approximate surface area is 191 Å². The summed E-state index contributed by atoms with van der Waals surface area (Å²) >= 11 is 0. The number of benzene rings is 1. The van der Waals surface area contributed by atoms with Crippen LogP contribution in [-0.2, 0) is 4.74 Å². The van der Waals surface area contributed by atoms with Crippen LogP contribution in [0.1, 0.15) is 32.6 Å². The quantitative estimate of drug-likeness (QED) is 0.582. The van der Waals surface area contributed by atoms with E-state index in [1.54, 1.807) is 41.1 Å². The second-order valence-electron chi connectivity index (χ2n) is 9.28. The van der Waals surface area contributed by atoms with Crippen LogP contribution in [0.3, 0.4) is 0 Å². The van der Waals surface area contributed by atoms with Crippen molar-refractivity contribution in [2.24, 2.45) is 0 Å². The lowest BCUT2D eigenvalue weighted by Gasteiger charge is -2.45. The van der Waals surface area contributed by atoms with E-state index in [4.69, 9.17) is 10.5 Å². The van der Waals surface area contributed by atoms with E-state index in [-0.39, 0.29) is 23.8 Å². The van der Waals surface area contributed by atoms with Gasteiger partial charge in [0.2, 0.25) is 0 Å². The zero-order valence-corrected chi connectivity index (χ0v) is 19.1. The van der Waals surface area contributed by atoms with E-state index in [9.17, 15) is 14.3 Å². The van der Waals surface area contributed by atoms with E-state index in [1.165, 1.54) is 18.3 Å². The van der Waals surface area contributed by atoms with E-state index in [2.05, 4.69) is 9.97 Å². The number of pyridine rings is 2. The first-order valence-electron chi connectivity index (χ1n) is 10.7. The molecule has 3 N–H and O–H groups in total. The molecule has 0 bridgehead atoms. The maximum Gasteiger partial charge on any atom is 0.410 e. The number of aromatic nitrogens is 2. The molecular formula is C24H28FN5O3. The van der Waals surface area contributed by atoms with Gasteiger partial charge in [-0.05, 0) is 46.0 Å². The molecule has 8 nitrogen and oxygen atoms in total. The summed E-state index contributed by atoms with van der Waals surface area (Å²) in [7, 11) is 1.79.